The van der Waals surface area contributed by atoms with Gasteiger partial charge in [-0.25, -0.2) is 4.79 Å². The second kappa shape index (κ2) is 6.36. The molecule has 2 N–H and O–H groups in total. The SMILES string of the molecule is COCc1c(Br)cccc1NC(=O)N1CC[C@@H](O)C1. The molecule has 0 saturated carbocycles. The lowest BCUT2D eigenvalue weighted by molar-refractivity contribution is 0.176. The lowest BCUT2D eigenvalue weighted by Gasteiger charge is -2.18. The fourth-order valence-electron chi connectivity index (χ4n) is 2.09. The molecule has 1 atom stereocenters. The van der Waals surface area contributed by atoms with E-state index in [-0.39, 0.29) is 6.03 Å². The smallest absolute Gasteiger partial charge is 0.321 e. The van der Waals surface area contributed by atoms with E-state index < -0.39 is 6.10 Å². The van der Waals surface area contributed by atoms with Crippen molar-refractivity contribution in [3.8, 4) is 0 Å². The number of nitrogens with zero attached hydrogens (tertiary/aromatic N) is 1. The third-order valence-corrected chi connectivity index (χ3v) is 3.84. The van der Waals surface area contributed by atoms with Crippen LogP contribution in [0.2, 0.25) is 0 Å². The van der Waals surface area contributed by atoms with Crippen molar-refractivity contribution in [2.24, 2.45) is 0 Å². The van der Waals surface area contributed by atoms with Gasteiger partial charge in [0, 0.05) is 35.9 Å². The summed E-state index contributed by atoms with van der Waals surface area (Å²) in [6.07, 6.45) is 0.225. The predicted octanol–water partition coefficient (Wildman–Crippen LogP) is 2.19. The fourth-order valence-corrected chi connectivity index (χ4v) is 2.57. The van der Waals surface area contributed by atoms with Crippen LogP contribution in [0.5, 0.6) is 0 Å². The number of benzene rings is 1. The van der Waals surface area contributed by atoms with E-state index in [0.717, 1.165) is 15.7 Å². The van der Waals surface area contributed by atoms with Gasteiger partial charge >= 0.3 is 6.03 Å². The topological polar surface area (TPSA) is 61.8 Å². The highest BCUT2D eigenvalue weighted by molar-refractivity contribution is 9.10. The highest BCUT2D eigenvalue weighted by Crippen LogP contribution is 2.26. The van der Waals surface area contributed by atoms with Crippen molar-refractivity contribution in [2.75, 3.05) is 25.5 Å². The van der Waals surface area contributed by atoms with E-state index in [4.69, 9.17) is 4.74 Å². The van der Waals surface area contributed by atoms with Crippen LogP contribution in [0.1, 0.15) is 12.0 Å². The average molecular weight is 329 g/mol. The molecule has 0 radical (unpaired) electrons. The molecule has 5 nitrogen and oxygen atoms in total. The Bertz CT molecular complexity index is 467. The Kier molecular flexibility index (Phi) is 4.79. The second-order valence-electron chi connectivity index (χ2n) is 4.52. The number of β-amino-alcohol motifs (C(OH)–C–C–N with tert-alkyl or cyclic N) is 1. The fraction of sp³-hybridized carbons (Fsp3) is 0.462. The number of hydrogen-bond acceptors (Lipinski definition) is 3. The van der Waals surface area contributed by atoms with E-state index in [1.54, 1.807) is 12.0 Å². The number of carbonyl (C=O) groups excluding carboxylic acids is 1. The number of aliphatic hydroxyl groups is 1. The number of halogens is 1. The first-order valence-corrected chi connectivity index (χ1v) is 6.91. The zero-order valence-corrected chi connectivity index (χ0v) is 12.3. The third kappa shape index (κ3) is 3.46. The zero-order chi connectivity index (χ0) is 13.8. The number of amides is 2. The molecule has 0 unspecified atom stereocenters. The van der Waals surface area contributed by atoms with Gasteiger partial charge in [-0.15, -0.1) is 0 Å². The van der Waals surface area contributed by atoms with Gasteiger partial charge in [0.2, 0.25) is 0 Å². The molecule has 104 valence electrons. The molecule has 0 aliphatic carbocycles. The molecule has 0 aromatic heterocycles. The second-order valence-corrected chi connectivity index (χ2v) is 5.37. The first-order valence-electron chi connectivity index (χ1n) is 6.12. The summed E-state index contributed by atoms with van der Waals surface area (Å²) in [5, 5.41) is 12.3. The molecule has 2 amide bonds. The summed E-state index contributed by atoms with van der Waals surface area (Å²) < 4.78 is 6.04. The summed E-state index contributed by atoms with van der Waals surface area (Å²) >= 11 is 3.45. The number of aliphatic hydroxyl groups excluding tert-OH is 1. The number of ether oxygens (including phenoxy) is 1. The van der Waals surface area contributed by atoms with Crippen LogP contribution in [0.3, 0.4) is 0 Å². The van der Waals surface area contributed by atoms with Crippen molar-refractivity contribution in [3.63, 3.8) is 0 Å². The van der Waals surface area contributed by atoms with Gasteiger partial charge in [0.05, 0.1) is 12.7 Å². The Hall–Kier alpha value is -1.11. The van der Waals surface area contributed by atoms with Crippen LogP contribution in [0.25, 0.3) is 0 Å². The van der Waals surface area contributed by atoms with Gasteiger partial charge < -0.3 is 20.1 Å². The van der Waals surface area contributed by atoms with Gasteiger partial charge in [0.1, 0.15) is 0 Å². The maximum atomic E-state index is 12.1. The monoisotopic (exact) mass is 328 g/mol. The lowest BCUT2D eigenvalue weighted by Crippen LogP contribution is -2.33. The van der Waals surface area contributed by atoms with E-state index in [1.165, 1.54) is 0 Å². The van der Waals surface area contributed by atoms with Crippen LogP contribution in [-0.4, -0.2) is 42.3 Å². The van der Waals surface area contributed by atoms with Gasteiger partial charge in [0.15, 0.2) is 0 Å². The highest BCUT2D eigenvalue weighted by atomic mass is 79.9. The Morgan fingerprint density at radius 3 is 3.05 bits per heavy atom. The summed E-state index contributed by atoms with van der Waals surface area (Å²) in [6.45, 7) is 1.39. The molecule has 0 spiro atoms. The van der Waals surface area contributed by atoms with E-state index in [9.17, 15) is 9.90 Å². The Balaban J connectivity index is 2.10. The van der Waals surface area contributed by atoms with E-state index in [1.807, 2.05) is 18.2 Å². The molecule has 1 heterocycles. The van der Waals surface area contributed by atoms with Crippen LogP contribution in [0.15, 0.2) is 22.7 Å². The molecule has 1 aromatic rings. The van der Waals surface area contributed by atoms with E-state index in [0.29, 0.717) is 26.1 Å². The number of urea groups is 1. The molecule has 6 heteroatoms. The minimum atomic E-state index is -0.410. The first-order chi connectivity index (χ1) is 9.11. The van der Waals surface area contributed by atoms with Gasteiger partial charge in [-0.05, 0) is 18.6 Å². The molecule has 1 fully saturated rings. The lowest BCUT2D eigenvalue weighted by atomic mass is 10.2. The summed E-state index contributed by atoms with van der Waals surface area (Å²) in [5.41, 5.74) is 1.63. The summed E-state index contributed by atoms with van der Waals surface area (Å²) in [4.78, 5) is 13.7. The van der Waals surface area contributed by atoms with Crippen molar-refractivity contribution >= 4 is 27.6 Å². The molecule has 1 saturated heterocycles. The number of methoxy groups -OCH3 is 1. The van der Waals surface area contributed by atoms with Gasteiger partial charge in [-0.1, -0.05) is 22.0 Å². The van der Waals surface area contributed by atoms with E-state index in [2.05, 4.69) is 21.2 Å². The Morgan fingerprint density at radius 2 is 2.42 bits per heavy atom. The maximum absolute atomic E-state index is 12.1. The molecular formula is C13H17BrN2O3. The van der Waals surface area contributed by atoms with Gasteiger partial charge in [0.25, 0.3) is 0 Å². The maximum Gasteiger partial charge on any atom is 0.321 e. The van der Waals surface area contributed by atoms with Gasteiger partial charge in [-0.2, -0.15) is 0 Å². The molecule has 1 aliphatic heterocycles. The Labute approximate surface area is 120 Å². The highest BCUT2D eigenvalue weighted by Gasteiger charge is 2.25. The van der Waals surface area contributed by atoms with Gasteiger partial charge in [-0.3, -0.25) is 0 Å². The third-order valence-electron chi connectivity index (χ3n) is 3.10. The normalized spacial score (nSPS) is 18.7. The van der Waals surface area contributed by atoms with Crippen LogP contribution < -0.4 is 5.32 Å². The van der Waals surface area contributed by atoms with Crippen molar-refractivity contribution in [1.82, 2.24) is 4.90 Å². The number of likely N-dealkylation sites (tertiary alicyclic amines) is 1. The van der Waals surface area contributed by atoms with Crippen LogP contribution in [0.4, 0.5) is 10.5 Å². The van der Waals surface area contributed by atoms with Crippen LogP contribution in [0, 0.1) is 0 Å². The van der Waals surface area contributed by atoms with Crippen molar-refractivity contribution in [3.05, 3.63) is 28.2 Å². The number of rotatable bonds is 3. The quantitative estimate of drug-likeness (QED) is 0.894. The largest absolute Gasteiger partial charge is 0.391 e. The number of hydrogen-bond donors (Lipinski definition) is 2. The molecule has 1 aromatic carbocycles. The average Bonchev–Trinajstić information content (AvgIpc) is 2.80. The van der Waals surface area contributed by atoms with Crippen molar-refractivity contribution < 1.29 is 14.6 Å². The minimum Gasteiger partial charge on any atom is -0.391 e. The predicted molar refractivity (Wildman–Crippen MR) is 76.1 cm³/mol. The minimum absolute atomic E-state index is 0.188. The summed E-state index contributed by atoms with van der Waals surface area (Å²) in [7, 11) is 1.61. The number of nitrogens with one attached hydrogen (secondary N) is 1. The van der Waals surface area contributed by atoms with E-state index >= 15 is 0 Å². The molecule has 0 bridgehead atoms. The van der Waals surface area contributed by atoms with Crippen molar-refractivity contribution in [2.45, 2.75) is 19.1 Å². The standard InChI is InChI=1S/C13H17BrN2O3/c1-19-8-10-11(14)3-2-4-12(10)15-13(18)16-6-5-9(17)7-16/h2-4,9,17H,5-8H2,1H3,(H,15,18)/t9-/m1/s1. The summed E-state index contributed by atoms with van der Waals surface area (Å²) in [6, 6.07) is 5.41. The molecule has 2 rings (SSSR count). The number of carbonyl (C=O) groups is 1. The van der Waals surface area contributed by atoms with Crippen molar-refractivity contribution in [1.29, 1.82) is 0 Å². The first kappa shape index (κ1) is 14.3. The summed E-state index contributed by atoms with van der Waals surface area (Å²) in [5.74, 6) is 0. The molecular weight excluding hydrogens is 312 g/mol. The Morgan fingerprint density at radius 1 is 1.63 bits per heavy atom. The number of anilines is 1. The molecule has 19 heavy (non-hydrogen) atoms. The van der Waals surface area contributed by atoms with Crippen LogP contribution >= 0.6 is 15.9 Å². The van der Waals surface area contributed by atoms with Crippen LogP contribution in [-0.2, 0) is 11.3 Å². The molecule has 1 aliphatic rings. The zero-order valence-electron chi connectivity index (χ0n) is 10.7.